The number of aromatic nitrogens is 1. The maximum absolute atomic E-state index is 12.1. The van der Waals surface area contributed by atoms with E-state index in [-0.39, 0.29) is 5.78 Å². The average Bonchev–Trinajstić information content (AvgIpc) is 3.03. The van der Waals surface area contributed by atoms with E-state index in [9.17, 15) is 4.79 Å². The summed E-state index contributed by atoms with van der Waals surface area (Å²) in [5.41, 5.74) is 2.80. The highest BCUT2D eigenvalue weighted by atomic mass is 16.3. The van der Waals surface area contributed by atoms with E-state index in [1.807, 2.05) is 42.5 Å². The van der Waals surface area contributed by atoms with Gasteiger partial charge < -0.3 is 4.42 Å². The summed E-state index contributed by atoms with van der Waals surface area (Å²) >= 11 is 0. The van der Waals surface area contributed by atoms with Gasteiger partial charge in [0.15, 0.2) is 5.76 Å². The molecule has 0 bridgehead atoms. The molecule has 3 nitrogen and oxygen atoms in total. The first-order chi connectivity index (χ1) is 9.84. The fourth-order valence-corrected chi connectivity index (χ4v) is 2.14. The lowest BCUT2D eigenvalue weighted by Gasteiger charge is -2.07. The largest absolute Gasteiger partial charge is 0.461 e. The number of benzene rings is 1. The van der Waals surface area contributed by atoms with Crippen LogP contribution >= 0.6 is 0 Å². The number of rotatable bonds is 4. The molecule has 0 unspecified atom stereocenters. The van der Waals surface area contributed by atoms with E-state index in [0.29, 0.717) is 12.2 Å². The Morgan fingerprint density at radius 3 is 2.60 bits per heavy atom. The first-order valence-electron chi connectivity index (χ1n) is 6.40. The average molecular weight is 263 g/mol. The molecule has 0 spiro atoms. The molecule has 20 heavy (non-hydrogen) atoms. The number of nitrogens with zero attached hydrogens (tertiary/aromatic N) is 1. The summed E-state index contributed by atoms with van der Waals surface area (Å²) in [6.07, 6.45) is 3.57. The first-order valence-corrected chi connectivity index (χ1v) is 6.40. The Morgan fingerprint density at radius 1 is 1.00 bits per heavy atom. The molecule has 0 amide bonds. The number of furan rings is 1. The van der Waals surface area contributed by atoms with Gasteiger partial charge in [0, 0.05) is 18.2 Å². The van der Waals surface area contributed by atoms with Gasteiger partial charge in [-0.2, -0.15) is 0 Å². The highest BCUT2D eigenvalue weighted by Crippen LogP contribution is 2.22. The van der Waals surface area contributed by atoms with E-state index < -0.39 is 0 Å². The van der Waals surface area contributed by atoms with E-state index in [2.05, 4.69) is 4.98 Å². The van der Waals surface area contributed by atoms with Crippen LogP contribution in [-0.4, -0.2) is 10.8 Å². The van der Waals surface area contributed by atoms with Gasteiger partial charge in [-0.1, -0.05) is 30.3 Å². The Hall–Kier alpha value is -2.68. The van der Waals surface area contributed by atoms with Crippen molar-refractivity contribution in [3.05, 3.63) is 78.4 Å². The summed E-state index contributed by atoms with van der Waals surface area (Å²) in [6, 6.07) is 17.0. The van der Waals surface area contributed by atoms with Crippen LogP contribution in [0.5, 0.6) is 0 Å². The lowest BCUT2D eigenvalue weighted by molar-refractivity contribution is 0.0966. The zero-order valence-corrected chi connectivity index (χ0v) is 10.8. The quantitative estimate of drug-likeness (QED) is 0.673. The third kappa shape index (κ3) is 2.52. The lowest BCUT2D eigenvalue weighted by atomic mass is 9.99. The molecule has 0 radical (unpaired) electrons. The van der Waals surface area contributed by atoms with Gasteiger partial charge in [0.1, 0.15) is 0 Å². The van der Waals surface area contributed by atoms with Gasteiger partial charge >= 0.3 is 0 Å². The molecule has 0 atom stereocenters. The van der Waals surface area contributed by atoms with Crippen molar-refractivity contribution in [2.45, 2.75) is 6.42 Å². The first kappa shape index (κ1) is 12.4. The summed E-state index contributed by atoms with van der Waals surface area (Å²) in [5, 5.41) is 0. The molecular weight excluding hydrogens is 250 g/mol. The van der Waals surface area contributed by atoms with E-state index in [1.165, 1.54) is 6.26 Å². The third-order valence-electron chi connectivity index (χ3n) is 3.11. The van der Waals surface area contributed by atoms with Gasteiger partial charge in [0.05, 0.1) is 12.0 Å². The van der Waals surface area contributed by atoms with Crippen molar-refractivity contribution in [1.82, 2.24) is 4.98 Å². The Kier molecular flexibility index (Phi) is 3.42. The summed E-state index contributed by atoms with van der Waals surface area (Å²) in [4.78, 5) is 16.5. The molecular formula is C17H13NO2. The molecule has 3 rings (SSSR count). The molecule has 98 valence electrons. The van der Waals surface area contributed by atoms with Crippen molar-refractivity contribution >= 4 is 5.78 Å². The SMILES string of the molecule is O=C(Cc1ccccc1-c1ccccn1)c1ccco1. The predicted molar refractivity (Wildman–Crippen MR) is 76.4 cm³/mol. The predicted octanol–water partition coefficient (Wildman–Crippen LogP) is 3.77. The Balaban J connectivity index is 1.93. The summed E-state index contributed by atoms with van der Waals surface area (Å²) in [7, 11) is 0. The molecule has 3 aromatic rings. The number of hydrogen-bond acceptors (Lipinski definition) is 3. The number of ketones is 1. The summed E-state index contributed by atoms with van der Waals surface area (Å²) in [5.74, 6) is 0.360. The molecule has 3 heteroatoms. The molecule has 0 saturated carbocycles. The number of hydrogen-bond donors (Lipinski definition) is 0. The van der Waals surface area contributed by atoms with Crippen LogP contribution < -0.4 is 0 Å². The summed E-state index contributed by atoms with van der Waals surface area (Å²) < 4.78 is 5.15. The molecule has 0 aliphatic carbocycles. The minimum atomic E-state index is -0.0293. The second-order valence-corrected chi connectivity index (χ2v) is 4.45. The molecule has 0 aliphatic heterocycles. The zero-order chi connectivity index (χ0) is 13.8. The van der Waals surface area contributed by atoms with E-state index in [0.717, 1.165) is 16.8 Å². The van der Waals surface area contributed by atoms with Crippen molar-refractivity contribution in [2.75, 3.05) is 0 Å². The second-order valence-electron chi connectivity index (χ2n) is 4.45. The number of carbonyl (C=O) groups excluding carboxylic acids is 1. The monoisotopic (exact) mass is 263 g/mol. The highest BCUT2D eigenvalue weighted by molar-refractivity contribution is 5.95. The summed E-state index contributed by atoms with van der Waals surface area (Å²) in [6.45, 7) is 0. The Morgan fingerprint density at radius 2 is 1.85 bits per heavy atom. The normalized spacial score (nSPS) is 10.4. The lowest BCUT2D eigenvalue weighted by Crippen LogP contribution is -2.03. The topological polar surface area (TPSA) is 43.1 Å². The van der Waals surface area contributed by atoms with Crippen LogP contribution in [0.3, 0.4) is 0 Å². The van der Waals surface area contributed by atoms with E-state index in [4.69, 9.17) is 4.42 Å². The number of pyridine rings is 1. The molecule has 0 fully saturated rings. The van der Waals surface area contributed by atoms with Crippen molar-refractivity contribution in [3.8, 4) is 11.3 Å². The van der Waals surface area contributed by atoms with Crippen LogP contribution in [0.1, 0.15) is 16.1 Å². The van der Waals surface area contributed by atoms with Crippen LogP contribution in [0, 0.1) is 0 Å². The molecule has 1 aromatic carbocycles. The maximum atomic E-state index is 12.1. The Bertz CT molecular complexity index is 703. The van der Waals surface area contributed by atoms with Gasteiger partial charge in [-0.3, -0.25) is 9.78 Å². The minimum absolute atomic E-state index is 0.0293. The van der Waals surface area contributed by atoms with Gasteiger partial charge in [-0.15, -0.1) is 0 Å². The smallest absolute Gasteiger partial charge is 0.202 e. The van der Waals surface area contributed by atoms with Crippen LogP contribution in [0.25, 0.3) is 11.3 Å². The van der Waals surface area contributed by atoms with Crippen molar-refractivity contribution in [3.63, 3.8) is 0 Å². The van der Waals surface area contributed by atoms with Gasteiger partial charge in [-0.05, 0) is 29.8 Å². The van der Waals surface area contributed by atoms with Crippen LogP contribution in [0.2, 0.25) is 0 Å². The van der Waals surface area contributed by atoms with Crippen LogP contribution in [0.15, 0.2) is 71.5 Å². The molecule has 0 N–H and O–H groups in total. The van der Waals surface area contributed by atoms with Gasteiger partial charge in [0.2, 0.25) is 5.78 Å². The second kappa shape index (κ2) is 5.53. The maximum Gasteiger partial charge on any atom is 0.202 e. The molecule has 0 saturated heterocycles. The Labute approximate surface area is 116 Å². The molecule has 2 aromatic heterocycles. The minimum Gasteiger partial charge on any atom is -0.461 e. The number of carbonyl (C=O) groups is 1. The van der Waals surface area contributed by atoms with Gasteiger partial charge in [-0.25, -0.2) is 0 Å². The molecule has 0 aliphatic rings. The number of Topliss-reactive ketones (excluding diaryl/α,β-unsaturated/α-hetero) is 1. The fraction of sp³-hybridized carbons (Fsp3) is 0.0588. The third-order valence-corrected chi connectivity index (χ3v) is 3.11. The van der Waals surface area contributed by atoms with Crippen LogP contribution in [-0.2, 0) is 6.42 Å². The van der Waals surface area contributed by atoms with Crippen molar-refractivity contribution in [1.29, 1.82) is 0 Å². The zero-order valence-electron chi connectivity index (χ0n) is 10.8. The van der Waals surface area contributed by atoms with Gasteiger partial charge in [0.25, 0.3) is 0 Å². The van der Waals surface area contributed by atoms with E-state index in [1.54, 1.807) is 18.3 Å². The fourth-order valence-electron chi connectivity index (χ4n) is 2.14. The van der Waals surface area contributed by atoms with Crippen molar-refractivity contribution < 1.29 is 9.21 Å². The van der Waals surface area contributed by atoms with Crippen LogP contribution in [0.4, 0.5) is 0 Å². The standard InChI is InChI=1S/C17H13NO2/c19-16(17-9-5-11-20-17)12-13-6-1-2-7-14(13)15-8-3-4-10-18-15/h1-11H,12H2. The highest BCUT2D eigenvalue weighted by Gasteiger charge is 2.13. The molecule has 2 heterocycles. The van der Waals surface area contributed by atoms with E-state index >= 15 is 0 Å². The van der Waals surface area contributed by atoms with Crippen molar-refractivity contribution in [2.24, 2.45) is 0 Å².